The maximum atomic E-state index is 1.50. The lowest BCUT2D eigenvalue weighted by atomic mass is 10.0. The third kappa shape index (κ3) is 28.6. The molecule has 36 heavy (non-hydrogen) atoms. The van der Waals surface area contributed by atoms with Crippen LogP contribution in [0.2, 0.25) is 0 Å². The molecule has 0 aromatic heterocycles. The normalized spacial score (nSPS) is 24.0. The lowest BCUT2D eigenvalue weighted by Gasteiger charge is -2.05. The first-order valence-electron chi connectivity index (χ1n) is 18.0. The summed E-state index contributed by atoms with van der Waals surface area (Å²) in [6, 6.07) is 0. The maximum Gasteiger partial charge on any atom is -0.0533 e. The minimum Gasteiger partial charge on any atom is -0.0533 e. The minimum absolute atomic E-state index is 1.50. The second-order valence-corrected chi connectivity index (χ2v) is 12.7. The molecule has 0 nitrogen and oxygen atoms in total. The molecule has 0 atom stereocenters. The third-order valence-electron chi connectivity index (χ3n) is 9.00. The zero-order chi connectivity index (χ0) is 25.5. The highest BCUT2D eigenvalue weighted by Gasteiger charge is 1.98. The molecule has 1 fully saturated rings. The molecule has 0 heteroatoms. The Kier molecular flexibility index (Phi) is 29.5. The molecule has 0 unspecified atom stereocenters. The van der Waals surface area contributed by atoms with E-state index < -0.39 is 0 Å². The zero-order valence-corrected chi connectivity index (χ0v) is 25.5. The van der Waals surface area contributed by atoms with E-state index in [-0.39, 0.29) is 0 Å². The molecule has 0 aromatic carbocycles. The van der Waals surface area contributed by atoms with Gasteiger partial charge in [-0.25, -0.2) is 0 Å². The fourth-order valence-electron chi connectivity index (χ4n) is 6.36. The molecule has 216 valence electrons. The van der Waals surface area contributed by atoms with Crippen molar-refractivity contribution in [3.05, 3.63) is 0 Å². The van der Waals surface area contributed by atoms with E-state index in [1.54, 1.807) is 0 Å². The van der Waals surface area contributed by atoms with Crippen LogP contribution in [-0.2, 0) is 0 Å². The van der Waals surface area contributed by atoms with E-state index in [0.717, 1.165) is 0 Å². The van der Waals surface area contributed by atoms with Gasteiger partial charge in [0.25, 0.3) is 0 Å². The molecule has 0 saturated heterocycles. The van der Waals surface area contributed by atoms with E-state index in [1.165, 1.54) is 231 Å². The standard InChI is InChI=1S/C36H72/c1-2-4-6-8-10-12-14-16-18-20-22-24-26-28-30-32-34-36-35-33-31-29-27-25-23-21-19-17-15-13-11-9-7-5-3-1/h1-36H2. The molecule has 0 aromatic rings. The first-order valence-corrected chi connectivity index (χ1v) is 18.0. The largest absolute Gasteiger partial charge is 0.0533 e. The van der Waals surface area contributed by atoms with Gasteiger partial charge >= 0.3 is 0 Å². The van der Waals surface area contributed by atoms with Crippen LogP contribution in [0.15, 0.2) is 0 Å². The lowest BCUT2D eigenvalue weighted by Crippen LogP contribution is -1.85. The predicted molar refractivity (Wildman–Crippen MR) is 166 cm³/mol. The Morgan fingerprint density at radius 3 is 0.111 bits per heavy atom. The van der Waals surface area contributed by atoms with Crippen molar-refractivity contribution in [1.82, 2.24) is 0 Å². The van der Waals surface area contributed by atoms with Crippen LogP contribution < -0.4 is 0 Å². The second-order valence-electron chi connectivity index (χ2n) is 12.7. The van der Waals surface area contributed by atoms with Gasteiger partial charge in [0, 0.05) is 0 Å². The van der Waals surface area contributed by atoms with Crippen LogP contribution in [0.4, 0.5) is 0 Å². The smallest absolute Gasteiger partial charge is 0.0533 e. The van der Waals surface area contributed by atoms with E-state index in [9.17, 15) is 0 Å². The summed E-state index contributed by atoms with van der Waals surface area (Å²) in [5.74, 6) is 0. The van der Waals surface area contributed by atoms with E-state index in [0.29, 0.717) is 0 Å². The van der Waals surface area contributed by atoms with Crippen molar-refractivity contribution in [3.63, 3.8) is 0 Å². The van der Waals surface area contributed by atoms with Gasteiger partial charge in [0.1, 0.15) is 0 Å². The van der Waals surface area contributed by atoms with Crippen molar-refractivity contribution in [2.24, 2.45) is 0 Å². The average Bonchev–Trinajstić information content (AvgIpc) is 2.89. The van der Waals surface area contributed by atoms with Crippen LogP contribution in [0.3, 0.4) is 0 Å². The molecule has 0 heterocycles. The van der Waals surface area contributed by atoms with Crippen LogP contribution >= 0.6 is 0 Å². The van der Waals surface area contributed by atoms with Crippen molar-refractivity contribution in [3.8, 4) is 0 Å². The summed E-state index contributed by atoms with van der Waals surface area (Å²) < 4.78 is 0. The minimum atomic E-state index is 1.50. The average molecular weight is 505 g/mol. The molecular weight excluding hydrogens is 432 g/mol. The molecule has 0 aliphatic heterocycles. The van der Waals surface area contributed by atoms with Gasteiger partial charge in [0.05, 0.1) is 0 Å². The van der Waals surface area contributed by atoms with Crippen molar-refractivity contribution in [2.45, 2.75) is 231 Å². The Morgan fingerprint density at radius 1 is 0.0556 bits per heavy atom. The van der Waals surface area contributed by atoms with Crippen molar-refractivity contribution in [2.75, 3.05) is 0 Å². The summed E-state index contributed by atoms with van der Waals surface area (Å²) in [7, 11) is 0. The highest BCUT2D eigenvalue weighted by atomic mass is 14.0. The second kappa shape index (κ2) is 31.2. The summed E-state index contributed by atoms with van der Waals surface area (Å²) in [5.41, 5.74) is 0. The molecule has 0 N–H and O–H groups in total. The summed E-state index contributed by atoms with van der Waals surface area (Å²) in [6.45, 7) is 0. The third-order valence-corrected chi connectivity index (χ3v) is 9.00. The fraction of sp³-hybridized carbons (Fsp3) is 1.00. The van der Waals surface area contributed by atoms with Crippen LogP contribution in [0.5, 0.6) is 0 Å². The summed E-state index contributed by atoms with van der Waals surface area (Å²) in [6.07, 6.45) is 54.0. The Hall–Kier alpha value is 0. The van der Waals surface area contributed by atoms with Gasteiger partial charge in [-0.3, -0.25) is 0 Å². The summed E-state index contributed by atoms with van der Waals surface area (Å²) in [4.78, 5) is 0. The predicted octanol–water partition coefficient (Wildman–Crippen LogP) is 14.0. The number of hydrogen-bond acceptors (Lipinski definition) is 0. The van der Waals surface area contributed by atoms with Gasteiger partial charge in [-0.1, -0.05) is 231 Å². The lowest BCUT2D eigenvalue weighted by molar-refractivity contribution is 0.504. The molecular formula is C36H72. The van der Waals surface area contributed by atoms with Gasteiger partial charge in [-0.15, -0.1) is 0 Å². The number of hydrogen-bond donors (Lipinski definition) is 0. The Morgan fingerprint density at radius 2 is 0.0833 bits per heavy atom. The highest BCUT2D eigenvalue weighted by Crippen LogP contribution is 2.18. The molecule has 1 saturated carbocycles. The summed E-state index contributed by atoms with van der Waals surface area (Å²) in [5, 5.41) is 0. The quantitative estimate of drug-likeness (QED) is 0.307. The molecule has 0 radical (unpaired) electrons. The first-order chi connectivity index (χ1) is 18.0. The fourth-order valence-corrected chi connectivity index (χ4v) is 6.36. The van der Waals surface area contributed by atoms with E-state index in [1.807, 2.05) is 0 Å². The van der Waals surface area contributed by atoms with Crippen molar-refractivity contribution in [1.29, 1.82) is 0 Å². The van der Waals surface area contributed by atoms with E-state index in [4.69, 9.17) is 0 Å². The van der Waals surface area contributed by atoms with Crippen molar-refractivity contribution >= 4 is 0 Å². The first kappa shape index (κ1) is 34.0. The topological polar surface area (TPSA) is 0 Å². The van der Waals surface area contributed by atoms with Gasteiger partial charge in [0.15, 0.2) is 0 Å². The Bertz CT molecular complexity index is 186. The van der Waals surface area contributed by atoms with Crippen LogP contribution in [-0.4, -0.2) is 0 Å². The van der Waals surface area contributed by atoms with Crippen LogP contribution in [0.1, 0.15) is 231 Å². The molecule has 1 aliphatic rings. The monoisotopic (exact) mass is 505 g/mol. The van der Waals surface area contributed by atoms with Crippen LogP contribution in [0, 0.1) is 0 Å². The van der Waals surface area contributed by atoms with E-state index >= 15 is 0 Å². The molecule has 0 spiro atoms. The van der Waals surface area contributed by atoms with E-state index in [2.05, 4.69) is 0 Å². The highest BCUT2D eigenvalue weighted by molar-refractivity contribution is 4.54. The maximum absolute atomic E-state index is 1.50. The van der Waals surface area contributed by atoms with Gasteiger partial charge in [0.2, 0.25) is 0 Å². The van der Waals surface area contributed by atoms with Gasteiger partial charge in [-0.05, 0) is 0 Å². The number of rotatable bonds is 0. The Labute approximate surface area is 231 Å². The van der Waals surface area contributed by atoms with Gasteiger partial charge in [-0.2, -0.15) is 0 Å². The zero-order valence-electron chi connectivity index (χ0n) is 25.5. The molecule has 1 aliphatic carbocycles. The molecule has 1 rings (SSSR count). The summed E-state index contributed by atoms with van der Waals surface area (Å²) >= 11 is 0. The molecule has 0 bridgehead atoms. The van der Waals surface area contributed by atoms with Crippen LogP contribution in [0.25, 0.3) is 0 Å². The van der Waals surface area contributed by atoms with Gasteiger partial charge < -0.3 is 0 Å². The molecule has 0 amide bonds. The Balaban J connectivity index is 2.00. The SMILES string of the molecule is C1CCCCCCCCCCCCCCCCCCCCCCCCCCCCCCCCCCC1. The van der Waals surface area contributed by atoms with Crippen molar-refractivity contribution < 1.29 is 0 Å².